The molecule has 0 radical (unpaired) electrons. The van der Waals surface area contributed by atoms with E-state index in [0.717, 1.165) is 5.01 Å². The number of carboxylic acid groups (broad SMARTS) is 1. The van der Waals surface area contributed by atoms with Gasteiger partial charge in [-0.05, 0) is 50.2 Å². The molecule has 2 aromatic rings. The zero-order chi connectivity index (χ0) is 19.6. The highest BCUT2D eigenvalue weighted by Gasteiger charge is 2.31. The predicted octanol–water partition coefficient (Wildman–Crippen LogP) is 2.78. The normalized spacial score (nSPS) is 15.0. The van der Waals surface area contributed by atoms with Crippen molar-refractivity contribution in [3.63, 3.8) is 0 Å². The van der Waals surface area contributed by atoms with Gasteiger partial charge in [0.25, 0.3) is 0 Å². The quantitative estimate of drug-likeness (QED) is 0.626. The molecule has 8 heteroatoms. The number of hydrogen-bond acceptors (Lipinski definition) is 6. The minimum Gasteiger partial charge on any atom is -0.478 e. The van der Waals surface area contributed by atoms with Crippen molar-refractivity contribution in [3.05, 3.63) is 59.7 Å². The average molecular weight is 364 g/mol. The van der Waals surface area contributed by atoms with Crippen LogP contribution in [0.15, 0.2) is 58.7 Å². The second kappa shape index (κ2) is 7.20. The van der Waals surface area contributed by atoms with Crippen LogP contribution >= 0.6 is 0 Å². The Morgan fingerprint density at radius 1 is 1.11 bits per heavy atom. The zero-order valence-corrected chi connectivity index (χ0v) is 14.6. The first-order valence-corrected chi connectivity index (χ1v) is 8.05. The highest BCUT2D eigenvalue weighted by atomic mass is 16.4. The summed E-state index contributed by atoms with van der Waals surface area (Å²) >= 11 is 0. The van der Waals surface area contributed by atoms with Crippen molar-refractivity contribution in [1.82, 2.24) is 0 Å². The van der Waals surface area contributed by atoms with Crippen molar-refractivity contribution >= 4 is 40.5 Å². The van der Waals surface area contributed by atoms with Gasteiger partial charge < -0.3 is 5.11 Å². The Morgan fingerprint density at radius 3 is 2.41 bits per heavy atom. The number of benzene rings is 2. The Kier molecular flexibility index (Phi) is 4.80. The number of rotatable bonds is 5. The van der Waals surface area contributed by atoms with E-state index < -0.39 is 11.9 Å². The van der Waals surface area contributed by atoms with Crippen LogP contribution in [0.4, 0.5) is 11.4 Å². The van der Waals surface area contributed by atoms with Crippen LogP contribution in [-0.2, 0) is 4.79 Å². The van der Waals surface area contributed by atoms with Crippen LogP contribution in [-0.4, -0.2) is 34.2 Å². The van der Waals surface area contributed by atoms with Gasteiger partial charge in [-0.15, -0.1) is 0 Å². The number of anilines is 2. The molecule has 2 aromatic carbocycles. The Bertz CT molecular complexity index is 993. The number of para-hydroxylation sites is 1. The van der Waals surface area contributed by atoms with Crippen molar-refractivity contribution in [3.8, 4) is 0 Å². The Morgan fingerprint density at radius 2 is 1.78 bits per heavy atom. The lowest BCUT2D eigenvalue weighted by molar-refractivity contribution is -0.112. The Hall–Kier alpha value is -3.81. The van der Waals surface area contributed by atoms with Crippen LogP contribution in [0.3, 0.4) is 0 Å². The van der Waals surface area contributed by atoms with E-state index in [2.05, 4.69) is 15.6 Å². The van der Waals surface area contributed by atoms with E-state index in [1.807, 2.05) is 0 Å². The number of nitrogens with zero attached hydrogens (tertiary/aromatic N) is 3. The fraction of sp³-hybridized carbons (Fsp3) is 0.105. The second-order valence-corrected chi connectivity index (χ2v) is 5.83. The number of carbonyl (C=O) groups excluding carboxylic acids is 2. The van der Waals surface area contributed by atoms with Crippen molar-refractivity contribution in [2.75, 3.05) is 10.4 Å². The maximum atomic E-state index is 12.6. The van der Waals surface area contributed by atoms with Crippen LogP contribution in [0.5, 0.6) is 0 Å². The van der Waals surface area contributed by atoms with E-state index >= 15 is 0 Å². The molecule has 1 heterocycles. The molecule has 2 N–H and O–H groups in total. The van der Waals surface area contributed by atoms with Crippen LogP contribution < -0.4 is 10.4 Å². The number of carbonyl (C=O) groups is 3. The van der Waals surface area contributed by atoms with Crippen LogP contribution in [0.2, 0.25) is 0 Å². The maximum Gasteiger partial charge on any atom is 0.335 e. The summed E-state index contributed by atoms with van der Waals surface area (Å²) in [6, 6.07) is 12.6. The lowest BCUT2D eigenvalue weighted by atomic mass is 10.1. The van der Waals surface area contributed by atoms with Crippen LogP contribution in [0.1, 0.15) is 34.6 Å². The molecule has 0 atom stereocenters. The fourth-order valence-electron chi connectivity index (χ4n) is 2.55. The van der Waals surface area contributed by atoms with Gasteiger partial charge in [0.05, 0.1) is 22.6 Å². The van der Waals surface area contributed by atoms with Gasteiger partial charge >= 0.3 is 11.9 Å². The van der Waals surface area contributed by atoms with Gasteiger partial charge in [0, 0.05) is 5.56 Å². The number of ketones is 1. The van der Waals surface area contributed by atoms with E-state index in [1.165, 1.54) is 31.2 Å². The number of hydrazone groups is 2. The highest BCUT2D eigenvalue weighted by molar-refractivity contribution is 6.71. The molecule has 1 amide bonds. The molecule has 0 aromatic heterocycles. The Labute approximate surface area is 154 Å². The minimum absolute atomic E-state index is 0.107. The molecule has 0 saturated carbocycles. The summed E-state index contributed by atoms with van der Waals surface area (Å²) in [5.74, 6) is -1.63. The third-order valence-electron chi connectivity index (χ3n) is 3.94. The fourth-order valence-corrected chi connectivity index (χ4v) is 2.55. The number of carboxylic acids is 1. The number of hydrogen-bond donors (Lipinski definition) is 2. The van der Waals surface area contributed by atoms with E-state index in [9.17, 15) is 14.4 Å². The third-order valence-corrected chi connectivity index (χ3v) is 3.94. The summed E-state index contributed by atoms with van der Waals surface area (Å²) in [5.41, 5.74) is 4.75. The molecule has 136 valence electrons. The summed E-state index contributed by atoms with van der Waals surface area (Å²) in [5, 5.41) is 18.4. The van der Waals surface area contributed by atoms with Gasteiger partial charge in [0.1, 0.15) is 0 Å². The minimum atomic E-state index is -1.05. The first-order valence-electron chi connectivity index (χ1n) is 8.05. The van der Waals surface area contributed by atoms with Crippen molar-refractivity contribution < 1.29 is 19.5 Å². The van der Waals surface area contributed by atoms with E-state index in [1.54, 1.807) is 31.2 Å². The van der Waals surface area contributed by atoms with E-state index in [0.29, 0.717) is 22.6 Å². The van der Waals surface area contributed by atoms with E-state index in [-0.39, 0.29) is 17.1 Å². The van der Waals surface area contributed by atoms with Gasteiger partial charge in [-0.2, -0.15) is 15.2 Å². The number of Topliss-reactive ketones (excluding diaryl/α,β-unsaturated/α-hetero) is 1. The summed E-state index contributed by atoms with van der Waals surface area (Å²) in [7, 11) is 0. The number of nitrogens with one attached hydrogen (secondary N) is 1. The molecule has 0 saturated heterocycles. The molecule has 1 aliphatic heterocycles. The predicted molar refractivity (Wildman–Crippen MR) is 102 cm³/mol. The molecular formula is C19H16N4O4. The van der Waals surface area contributed by atoms with Gasteiger partial charge in [0.15, 0.2) is 11.5 Å². The molecule has 8 nitrogen and oxygen atoms in total. The average Bonchev–Trinajstić information content (AvgIpc) is 2.94. The molecule has 0 spiro atoms. The molecule has 1 aliphatic rings. The number of aromatic carboxylic acids is 1. The molecular weight excluding hydrogens is 348 g/mol. The molecule has 0 fully saturated rings. The van der Waals surface area contributed by atoms with Gasteiger partial charge in [-0.3, -0.25) is 15.0 Å². The van der Waals surface area contributed by atoms with Crippen LogP contribution in [0, 0.1) is 0 Å². The van der Waals surface area contributed by atoms with Gasteiger partial charge in [-0.1, -0.05) is 12.1 Å². The van der Waals surface area contributed by atoms with Crippen molar-refractivity contribution in [2.45, 2.75) is 13.8 Å². The topological polar surface area (TPSA) is 111 Å². The van der Waals surface area contributed by atoms with Crippen molar-refractivity contribution in [2.24, 2.45) is 10.2 Å². The molecule has 27 heavy (non-hydrogen) atoms. The van der Waals surface area contributed by atoms with Crippen LogP contribution in [0.25, 0.3) is 0 Å². The first-order chi connectivity index (χ1) is 12.9. The number of amides is 1. The first kappa shape index (κ1) is 18.0. The maximum absolute atomic E-state index is 12.6. The monoisotopic (exact) mass is 364 g/mol. The van der Waals surface area contributed by atoms with Gasteiger partial charge in [0.2, 0.25) is 0 Å². The highest BCUT2D eigenvalue weighted by Crippen LogP contribution is 2.21. The van der Waals surface area contributed by atoms with Crippen molar-refractivity contribution in [1.29, 1.82) is 0 Å². The molecule has 3 rings (SSSR count). The Balaban J connectivity index is 1.84. The lowest BCUT2D eigenvalue weighted by Crippen LogP contribution is -2.28. The summed E-state index contributed by atoms with van der Waals surface area (Å²) in [4.78, 5) is 35.2. The largest absolute Gasteiger partial charge is 0.478 e. The third kappa shape index (κ3) is 3.59. The molecule has 0 unspecified atom stereocenters. The summed E-state index contributed by atoms with van der Waals surface area (Å²) in [6.07, 6.45) is 0. The molecule has 0 bridgehead atoms. The lowest BCUT2D eigenvalue weighted by Gasteiger charge is -2.11. The standard InChI is InChI=1S/C19H16N4O4/c1-11-17(21-20-16-6-4-3-5-15(16)12(2)24)18(25)23(22-11)14-9-7-13(8-10-14)19(26)27/h3-10,20H,1-2H3,(H,26,27)/b21-17-. The van der Waals surface area contributed by atoms with Gasteiger partial charge in [-0.25, -0.2) is 4.79 Å². The SMILES string of the molecule is CC(=O)c1ccccc1N/N=C1\C(=O)N(c2ccc(C(=O)O)cc2)N=C1C. The van der Waals surface area contributed by atoms with E-state index in [4.69, 9.17) is 5.11 Å². The second-order valence-electron chi connectivity index (χ2n) is 5.83. The molecule has 0 aliphatic carbocycles. The summed E-state index contributed by atoms with van der Waals surface area (Å²) < 4.78 is 0. The summed E-state index contributed by atoms with van der Waals surface area (Å²) in [6.45, 7) is 3.09. The zero-order valence-electron chi connectivity index (χ0n) is 14.6. The smallest absolute Gasteiger partial charge is 0.335 e.